The van der Waals surface area contributed by atoms with Gasteiger partial charge in [-0.3, -0.25) is 0 Å². The number of nitrogens with zero attached hydrogens (tertiary/aromatic N) is 3. The number of quaternary nitrogens is 1. The van der Waals surface area contributed by atoms with Crippen LogP contribution < -0.4 is 4.70 Å². The van der Waals surface area contributed by atoms with Crippen LogP contribution in [0.3, 0.4) is 0 Å². The SMILES string of the molecule is CC[N+](Cc1ccccc1)(N1CCOCC1)n1cccc1. The molecule has 1 aliphatic heterocycles. The first-order valence-corrected chi connectivity index (χ1v) is 7.73. The molecule has 4 nitrogen and oxygen atoms in total. The van der Waals surface area contributed by atoms with Gasteiger partial charge in [0.15, 0.2) is 0 Å². The summed E-state index contributed by atoms with van der Waals surface area (Å²) in [7, 11) is 0. The number of rotatable bonds is 5. The highest BCUT2D eigenvalue weighted by Crippen LogP contribution is 2.19. The van der Waals surface area contributed by atoms with Gasteiger partial charge in [-0.15, -0.1) is 9.71 Å². The molecule has 0 aliphatic carbocycles. The monoisotopic (exact) mass is 286 g/mol. The zero-order chi connectivity index (χ0) is 14.5. The van der Waals surface area contributed by atoms with Gasteiger partial charge < -0.3 is 4.74 Å². The molecule has 4 heteroatoms. The number of morpholine rings is 1. The number of hydrogen-bond donors (Lipinski definition) is 0. The van der Waals surface area contributed by atoms with E-state index in [0.717, 1.165) is 44.1 Å². The van der Waals surface area contributed by atoms with Gasteiger partial charge in [0, 0.05) is 5.56 Å². The molecule has 0 spiro atoms. The van der Waals surface area contributed by atoms with Crippen LogP contribution in [0.5, 0.6) is 0 Å². The molecule has 112 valence electrons. The summed E-state index contributed by atoms with van der Waals surface area (Å²) in [5.41, 5.74) is 1.36. The first-order chi connectivity index (χ1) is 10.3. The minimum absolute atomic E-state index is 0.806. The lowest BCUT2D eigenvalue weighted by Gasteiger charge is -2.46. The topological polar surface area (TPSA) is 17.4 Å². The first kappa shape index (κ1) is 14.3. The van der Waals surface area contributed by atoms with Crippen LogP contribution in [0, 0.1) is 0 Å². The lowest BCUT2D eigenvalue weighted by atomic mass is 10.2. The molecule has 0 radical (unpaired) electrons. The van der Waals surface area contributed by atoms with E-state index in [2.05, 4.69) is 71.5 Å². The summed E-state index contributed by atoms with van der Waals surface area (Å²) >= 11 is 0. The Bertz CT molecular complexity index is 534. The van der Waals surface area contributed by atoms with Crippen molar-refractivity contribution in [3.8, 4) is 0 Å². The summed E-state index contributed by atoms with van der Waals surface area (Å²) in [5, 5.41) is 2.52. The van der Waals surface area contributed by atoms with E-state index in [1.807, 2.05) is 0 Å². The molecule has 3 rings (SSSR count). The molecule has 0 bridgehead atoms. The fourth-order valence-electron chi connectivity index (χ4n) is 3.18. The van der Waals surface area contributed by atoms with Gasteiger partial charge in [-0.25, -0.2) is 0 Å². The summed E-state index contributed by atoms with van der Waals surface area (Å²) in [6.07, 6.45) is 4.34. The number of benzene rings is 1. The maximum atomic E-state index is 5.55. The molecule has 1 saturated heterocycles. The Kier molecular flexibility index (Phi) is 4.39. The Morgan fingerprint density at radius 2 is 1.67 bits per heavy atom. The Balaban J connectivity index is 1.96. The van der Waals surface area contributed by atoms with Gasteiger partial charge in [0.25, 0.3) is 0 Å². The Morgan fingerprint density at radius 1 is 1.00 bits per heavy atom. The zero-order valence-corrected chi connectivity index (χ0v) is 12.7. The normalized spacial score (nSPS) is 19.3. The van der Waals surface area contributed by atoms with E-state index in [9.17, 15) is 0 Å². The third-order valence-corrected chi connectivity index (χ3v) is 4.32. The van der Waals surface area contributed by atoms with E-state index in [0.29, 0.717) is 0 Å². The van der Waals surface area contributed by atoms with Gasteiger partial charge in [-0.05, 0) is 19.1 Å². The van der Waals surface area contributed by atoms with Crippen LogP contribution in [-0.2, 0) is 11.3 Å². The van der Waals surface area contributed by atoms with Crippen LogP contribution in [0.1, 0.15) is 12.5 Å². The number of hydrogen-bond acceptors (Lipinski definition) is 2. The van der Waals surface area contributed by atoms with Crippen molar-refractivity contribution in [1.82, 2.24) is 14.4 Å². The third-order valence-electron chi connectivity index (χ3n) is 4.32. The third kappa shape index (κ3) is 2.88. The molecule has 1 aliphatic rings. The summed E-state index contributed by atoms with van der Waals surface area (Å²) in [4.78, 5) is 0. The second-order valence-corrected chi connectivity index (χ2v) is 5.47. The fourth-order valence-corrected chi connectivity index (χ4v) is 3.18. The van der Waals surface area contributed by atoms with Crippen LogP contribution in [0.2, 0.25) is 0 Å². The van der Waals surface area contributed by atoms with Crippen LogP contribution in [0.25, 0.3) is 0 Å². The molecule has 2 heterocycles. The van der Waals surface area contributed by atoms with E-state index < -0.39 is 0 Å². The highest BCUT2D eigenvalue weighted by atomic mass is 16.5. The summed E-state index contributed by atoms with van der Waals surface area (Å²) in [5.74, 6) is 0. The van der Waals surface area contributed by atoms with Crippen molar-refractivity contribution in [3.63, 3.8) is 0 Å². The molecular formula is C17H24N3O+. The highest BCUT2D eigenvalue weighted by Gasteiger charge is 2.37. The number of aromatic nitrogens is 1. The fraction of sp³-hybridized carbons (Fsp3) is 0.412. The van der Waals surface area contributed by atoms with Crippen LogP contribution in [0.15, 0.2) is 54.9 Å². The average Bonchev–Trinajstić information content (AvgIpc) is 3.09. The van der Waals surface area contributed by atoms with Crippen molar-refractivity contribution in [2.75, 3.05) is 32.8 Å². The molecule has 2 aromatic rings. The van der Waals surface area contributed by atoms with E-state index in [1.165, 1.54) is 5.56 Å². The van der Waals surface area contributed by atoms with Crippen molar-refractivity contribution < 1.29 is 4.74 Å². The maximum absolute atomic E-state index is 5.55. The van der Waals surface area contributed by atoms with E-state index in [1.54, 1.807) is 0 Å². The summed E-state index contributed by atoms with van der Waals surface area (Å²) < 4.78 is 8.67. The number of ether oxygens (including phenoxy) is 1. The standard InChI is InChI=1S/C17H24N3O/c1-2-20(18-10-6-7-11-18,19-12-14-21-15-13-19)16-17-8-4-3-5-9-17/h3-11H,2,12-16H2,1H3/q+1. The van der Waals surface area contributed by atoms with Crippen molar-refractivity contribution in [3.05, 3.63) is 60.4 Å². The van der Waals surface area contributed by atoms with E-state index >= 15 is 0 Å². The van der Waals surface area contributed by atoms with Gasteiger partial charge in [-0.1, -0.05) is 30.3 Å². The van der Waals surface area contributed by atoms with Gasteiger partial charge >= 0.3 is 0 Å². The molecule has 1 aromatic heterocycles. The predicted octanol–water partition coefficient (Wildman–Crippen LogP) is 2.39. The van der Waals surface area contributed by atoms with Gasteiger partial charge in [0.1, 0.15) is 13.1 Å². The van der Waals surface area contributed by atoms with Crippen molar-refractivity contribution in [2.45, 2.75) is 13.5 Å². The second-order valence-electron chi connectivity index (χ2n) is 5.47. The quantitative estimate of drug-likeness (QED) is 0.785. The first-order valence-electron chi connectivity index (χ1n) is 7.73. The molecule has 1 unspecified atom stereocenters. The maximum Gasteiger partial charge on any atom is 0.146 e. The Labute approximate surface area is 126 Å². The smallest absolute Gasteiger partial charge is 0.146 e. The molecule has 1 atom stereocenters. The average molecular weight is 286 g/mol. The predicted molar refractivity (Wildman–Crippen MR) is 85.0 cm³/mol. The Hall–Kier alpha value is -1.62. The van der Waals surface area contributed by atoms with Gasteiger partial charge in [-0.2, -0.15) is 4.68 Å². The van der Waals surface area contributed by atoms with Crippen molar-refractivity contribution in [2.24, 2.45) is 0 Å². The van der Waals surface area contributed by atoms with Crippen LogP contribution in [0.4, 0.5) is 0 Å². The minimum atomic E-state index is 0.806. The molecule has 0 N–H and O–H groups in total. The van der Waals surface area contributed by atoms with Gasteiger partial charge in [0.2, 0.25) is 0 Å². The lowest BCUT2D eigenvalue weighted by Crippen LogP contribution is -2.69. The van der Waals surface area contributed by atoms with E-state index in [4.69, 9.17) is 4.74 Å². The molecular weight excluding hydrogens is 262 g/mol. The summed E-state index contributed by atoms with van der Waals surface area (Å²) in [6.45, 7) is 7.82. The minimum Gasteiger partial charge on any atom is -0.378 e. The molecule has 21 heavy (non-hydrogen) atoms. The molecule has 0 saturated carbocycles. The Morgan fingerprint density at radius 3 is 2.29 bits per heavy atom. The molecule has 1 aromatic carbocycles. The molecule has 1 fully saturated rings. The van der Waals surface area contributed by atoms with Crippen molar-refractivity contribution in [1.29, 1.82) is 0 Å². The second kappa shape index (κ2) is 6.43. The van der Waals surface area contributed by atoms with Gasteiger partial charge in [0.05, 0.1) is 38.7 Å². The summed E-state index contributed by atoms with van der Waals surface area (Å²) in [6, 6.07) is 15.0. The van der Waals surface area contributed by atoms with Crippen molar-refractivity contribution >= 4 is 0 Å². The van der Waals surface area contributed by atoms with Crippen LogP contribution in [-0.4, -0.2) is 42.5 Å². The highest BCUT2D eigenvalue weighted by molar-refractivity contribution is 5.16. The zero-order valence-electron chi connectivity index (χ0n) is 12.7. The lowest BCUT2D eigenvalue weighted by molar-refractivity contribution is -0.151. The molecule has 0 amide bonds. The van der Waals surface area contributed by atoms with Crippen LogP contribution >= 0.6 is 0 Å². The largest absolute Gasteiger partial charge is 0.378 e. The van der Waals surface area contributed by atoms with E-state index in [-0.39, 0.29) is 0 Å².